The average Bonchev–Trinajstić information content (AvgIpc) is 2.61. The number of halogens is 1. The van der Waals surface area contributed by atoms with Crippen molar-refractivity contribution in [1.29, 1.82) is 0 Å². The van der Waals surface area contributed by atoms with Crippen molar-refractivity contribution in [3.05, 3.63) is 59.1 Å². The monoisotopic (exact) mass is 410 g/mol. The third kappa shape index (κ3) is 5.29. The molecule has 0 aliphatic heterocycles. The van der Waals surface area contributed by atoms with Crippen molar-refractivity contribution in [1.82, 2.24) is 4.31 Å². The summed E-state index contributed by atoms with van der Waals surface area (Å²) < 4.78 is 30.5. The Kier molecular flexibility index (Phi) is 6.59. The maximum absolute atomic E-state index is 12.3. The molecule has 2 aromatic rings. The molecule has 0 saturated carbocycles. The average molecular weight is 411 g/mol. The number of nitrogens with zero attached hydrogens (tertiary/aromatic N) is 1. The molecule has 0 fully saturated rings. The molecule has 1 N–H and O–H groups in total. The number of nitrogens with one attached hydrogen (secondary N) is 1. The third-order valence-electron chi connectivity index (χ3n) is 3.59. The highest BCUT2D eigenvalue weighted by Crippen LogP contribution is 2.18. The second-order valence-electron chi connectivity index (χ2n) is 5.86. The first kappa shape index (κ1) is 20.9. The molecular formula is C18H19ClN2O5S. The van der Waals surface area contributed by atoms with E-state index in [1.54, 1.807) is 12.1 Å². The molecule has 0 saturated heterocycles. The second kappa shape index (κ2) is 8.51. The van der Waals surface area contributed by atoms with Crippen molar-refractivity contribution in [2.24, 2.45) is 0 Å². The smallest absolute Gasteiger partial charge is 0.338 e. The lowest BCUT2D eigenvalue weighted by Crippen LogP contribution is -2.30. The molecule has 7 nitrogen and oxygen atoms in total. The van der Waals surface area contributed by atoms with Crippen LogP contribution in [0, 0.1) is 0 Å². The van der Waals surface area contributed by atoms with Gasteiger partial charge in [-0.05, 0) is 43.3 Å². The summed E-state index contributed by atoms with van der Waals surface area (Å²) >= 11 is 5.83. The SMILES string of the molecule is C[C@@H](OC(=O)c1cccc(Cl)c1)C(=O)Nc1cccc(S(=O)(=O)N(C)C)c1. The summed E-state index contributed by atoms with van der Waals surface area (Å²) in [5.41, 5.74) is 0.495. The van der Waals surface area contributed by atoms with Gasteiger partial charge in [0.2, 0.25) is 10.0 Å². The van der Waals surface area contributed by atoms with Crippen LogP contribution in [0.25, 0.3) is 0 Å². The number of hydrogen-bond donors (Lipinski definition) is 1. The maximum atomic E-state index is 12.3. The summed E-state index contributed by atoms with van der Waals surface area (Å²) in [6.07, 6.45) is -1.09. The van der Waals surface area contributed by atoms with Gasteiger partial charge in [-0.1, -0.05) is 23.7 Å². The third-order valence-corrected chi connectivity index (χ3v) is 5.64. The molecule has 0 bridgehead atoms. The molecule has 2 rings (SSSR count). The van der Waals surface area contributed by atoms with Gasteiger partial charge in [-0.2, -0.15) is 0 Å². The molecule has 0 aromatic heterocycles. The van der Waals surface area contributed by atoms with Crippen molar-refractivity contribution >= 4 is 39.2 Å². The standard InChI is InChI=1S/C18H19ClN2O5S/c1-12(26-18(23)13-6-4-7-14(19)10-13)17(22)20-15-8-5-9-16(11-15)27(24,25)21(2)3/h4-12H,1-3H3,(H,20,22)/t12-/m1/s1. The van der Waals surface area contributed by atoms with Crippen LogP contribution in [0.4, 0.5) is 5.69 Å². The topological polar surface area (TPSA) is 92.8 Å². The number of carbonyl (C=O) groups excluding carboxylic acids is 2. The van der Waals surface area contributed by atoms with E-state index >= 15 is 0 Å². The van der Waals surface area contributed by atoms with Crippen molar-refractivity contribution in [3.63, 3.8) is 0 Å². The summed E-state index contributed by atoms with van der Waals surface area (Å²) in [5, 5.41) is 2.91. The van der Waals surface area contributed by atoms with Gasteiger partial charge in [0.25, 0.3) is 5.91 Å². The molecule has 0 aliphatic carbocycles. The Morgan fingerprint density at radius 2 is 1.78 bits per heavy atom. The van der Waals surface area contributed by atoms with E-state index in [0.29, 0.717) is 5.02 Å². The Morgan fingerprint density at radius 3 is 2.41 bits per heavy atom. The van der Waals surface area contributed by atoms with Crippen LogP contribution in [0.3, 0.4) is 0 Å². The molecule has 0 spiro atoms. The lowest BCUT2D eigenvalue weighted by atomic mass is 10.2. The normalized spacial score (nSPS) is 12.5. The van der Waals surface area contributed by atoms with Gasteiger partial charge < -0.3 is 10.1 Å². The van der Waals surface area contributed by atoms with E-state index in [1.165, 1.54) is 57.4 Å². The molecule has 2 aromatic carbocycles. The van der Waals surface area contributed by atoms with Crippen LogP contribution in [0.2, 0.25) is 5.02 Å². The zero-order chi connectivity index (χ0) is 20.2. The van der Waals surface area contributed by atoms with Crippen molar-refractivity contribution < 1.29 is 22.7 Å². The van der Waals surface area contributed by atoms with E-state index < -0.39 is 28.0 Å². The molecule has 0 radical (unpaired) electrons. The van der Waals surface area contributed by atoms with Crippen LogP contribution in [-0.4, -0.2) is 44.8 Å². The summed E-state index contributed by atoms with van der Waals surface area (Å²) in [5.74, 6) is -1.28. The van der Waals surface area contributed by atoms with Gasteiger partial charge in [0.05, 0.1) is 10.5 Å². The minimum absolute atomic E-state index is 0.0360. The first-order valence-corrected chi connectivity index (χ1v) is 9.73. The summed E-state index contributed by atoms with van der Waals surface area (Å²) in [4.78, 5) is 24.4. The fraction of sp³-hybridized carbons (Fsp3) is 0.222. The Labute approximate surface area is 162 Å². The zero-order valence-corrected chi connectivity index (χ0v) is 16.5. The lowest BCUT2D eigenvalue weighted by molar-refractivity contribution is -0.123. The van der Waals surface area contributed by atoms with E-state index in [-0.39, 0.29) is 16.1 Å². The molecule has 27 heavy (non-hydrogen) atoms. The van der Waals surface area contributed by atoms with Crippen LogP contribution in [0.1, 0.15) is 17.3 Å². The molecule has 0 heterocycles. The maximum Gasteiger partial charge on any atom is 0.338 e. The molecule has 144 valence electrons. The molecule has 9 heteroatoms. The highest BCUT2D eigenvalue weighted by atomic mass is 35.5. The predicted octanol–water partition coefficient (Wildman–Crippen LogP) is 2.77. The lowest BCUT2D eigenvalue weighted by Gasteiger charge is -2.15. The van der Waals surface area contributed by atoms with Crippen LogP contribution >= 0.6 is 11.6 Å². The quantitative estimate of drug-likeness (QED) is 0.739. The minimum Gasteiger partial charge on any atom is -0.449 e. The number of anilines is 1. The van der Waals surface area contributed by atoms with E-state index in [0.717, 1.165) is 4.31 Å². The van der Waals surface area contributed by atoms with Crippen LogP contribution in [-0.2, 0) is 19.6 Å². The van der Waals surface area contributed by atoms with Gasteiger partial charge in [0, 0.05) is 24.8 Å². The Balaban J connectivity index is 2.07. The first-order valence-electron chi connectivity index (χ1n) is 7.91. The first-order chi connectivity index (χ1) is 12.6. The fourth-order valence-corrected chi connectivity index (χ4v) is 3.22. The van der Waals surface area contributed by atoms with Gasteiger partial charge in [-0.15, -0.1) is 0 Å². The number of hydrogen-bond acceptors (Lipinski definition) is 5. The van der Waals surface area contributed by atoms with Crippen LogP contribution in [0.15, 0.2) is 53.4 Å². The van der Waals surface area contributed by atoms with E-state index in [1.807, 2.05) is 0 Å². The number of rotatable bonds is 6. The van der Waals surface area contributed by atoms with Gasteiger partial charge >= 0.3 is 5.97 Å². The second-order valence-corrected chi connectivity index (χ2v) is 8.45. The van der Waals surface area contributed by atoms with Gasteiger partial charge in [-0.3, -0.25) is 4.79 Å². The van der Waals surface area contributed by atoms with Crippen LogP contribution < -0.4 is 5.32 Å². The molecule has 0 unspecified atom stereocenters. The minimum atomic E-state index is -3.63. The summed E-state index contributed by atoms with van der Waals surface area (Å²) in [6, 6.07) is 12.0. The molecule has 0 aliphatic rings. The highest BCUT2D eigenvalue weighted by Gasteiger charge is 2.21. The summed E-state index contributed by atoms with van der Waals surface area (Å²) in [7, 11) is -0.801. The zero-order valence-electron chi connectivity index (χ0n) is 15.0. The van der Waals surface area contributed by atoms with Crippen molar-refractivity contribution in [2.75, 3.05) is 19.4 Å². The number of ether oxygens (including phenoxy) is 1. The van der Waals surface area contributed by atoms with E-state index in [2.05, 4.69) is 5.32 Å². The Hall–Kier alpha value is -2.42. The number of benzene rings is 2. The summed E-state index contributed by atoms with van der Waals surface area (Å²) in [6.45, 7) is 1.41. The number of amides is 1. The molecule has 1 atom stereocenters. The number of carbonyl (C=O) groups is 2. The largest absolute Gasteiger partial charge is 0.449 e. The van der Waals surface area contributed by atoms with Gasteiger partial charge in [-0.25, -0.2) is 17.5 Å². The Bertz CT molecular complexity index is 960. The van der Waals surface area contributed by atoms with E-state index in [4.69, 9.17) is 16.3 Å². The van der Waals surface area contributed by atoms with Crippen molar-refractivity contribution in [3.8, 4) is 0 Å². The molecular weight excluding hydrogens is 392 g/mol. The Morgan fingerprint density at radius 1 is 1.11 bits per heavy atom. The van der Waals surface area contributed by atoms with Gasteiger partial charge in [0.15, 0.2) is 6.10 Å². The molecule has 1 amide bonds. The van der Waals surface area contributed by atoms with E-state index in [9.17, 15) is 18.0 Å². The van der Waals surface area contributed by atoms with Gasteiger partial charge in [0.1, 0.15) is 0 Å². The highest BCUT2D eigenvalue weighted by molar-refractivity contribution is 7.89. The fourth-order valence-electron chi connectivity index (χ4n) is 2.09. The predicted molar refractivity (Wildman–Crippen MR) is 102 cm³/mol. The van der Waals surface area contributed by atoms with Crippen molar-refractivity contribution in [2.45, 2.75) is 17.9 Å². The number of sulfonamides is 1. The number of esters is 1. The van der Waals surface area contributed by atoms with Crippen LogP contribution in [0.5, 0.6) is 0 Å².